The first kappa shape index (κ1) is 14.2. The van der Waals surface area contributed by atoms with Crippen LogP contribution in [0, 0.1) is 0 Å². The summed E-state index contributed by atoms with van der Waals surface area (Å²) in [6.07, 6.45) is -0.414. The minimum Gasteiger partial charge on any atom is -0.444 e. The second kappa shape index (κ2) is 5.16. The Hall–Kier alpha value is -0.910. The molecule has 6 heteroatoms. The molecule has 0 saturated carbocycles. The first-order valence-corrected chi connectivity index (χ1v) is 6.66. The smallest absolute Gasteiger partial charge is 0.411 e. The molecule has 1 atom stereocenters. The van der Waals surface area contributed by atoms with Crippen LogP contribution in [-0.4, -0.2) is 59.2 Å². The minimum absolute atomic E-state index is 0.0548. The van der Waals surface area contributed by atoms with Gasteiger partial charge in [0, 0.05) is 19.8 Å². The summed E-state index contributed by atoms with van der Waals surface area (Å²) in [6.45, 7) is 5.45. The summed E-state index contributed by atoms with van der Waals surface area (Å²) in [4.78, 5) is 26.8. The summed E-state index contributed by atoms with van der Waals surface area (Å²) in [5, 5.41) is 0. The van der Waals surface area contributed by atoms with Crippen LogP contribution in [0.15, 0.2) is 0 Å². The van der Waals surface area contributed by atoms with Crippen molar-refractivity contribution in [2.75, 3.05) is 25.7 Å². The molecular formula is C11H20N2O3S. The van der Waals surface area contributed by atoms with Crippen molar-refractivity contribution in [3.8, 4) is 0 Å². The van der Waals surface area contributed by atoms with Crippen LogP contribution in [0.2, 0.25) is 0 Å². The molecule has 0 spiro atoms. The topological polar surface area (TPSA) is 49.9 Å². The van der Waals surface area contributed by atoms with Crippen molar-refractivity contribution in [2.45, 2.75) is 32.4 Å². The minimum atomic E-state index is -0.532. The van der Waals surface area contributed by atoms with Crippen LogP contribution in [0.5, 0.6) is 0 Å². The second-order valence-corrected chi connectivity index (χ2v) is 6.20. The summed E-state index contributed by atoms with van der Waals surface area (Å²) in [5.41, 5.74) is -0.532. The second-order valence-electron chi connectivity index (χ2n) is 5.20. The van der Waals surface area contributed by atoms with Gasteiger partial charge in [-0.1, -0.05) is 0 Å². The molecule has 1 saturated heterocycles. The van der Waals surface area contributed by atoms with Crippen molar-refractivity contribution in [2.24, 2.45) is 0 Å². The molecule has 0 aromatic carbocycles. The van der Waals surface area contributed by atoms with Crippen molar-refractivity contribution in [3.05, 3.63) is 0 Å². The lowest BCUT2D eigenvalue weighted by Crippen LogP contribution is -2.48. The average molecular weight is 260 g/mol. The third-order valence-corrected chi connectivity index (χ3v) is 3.25. The number of amides is 2. The Morgan fingerprint density at radius 2 is 1.94 bits per heavy atom. The predicted molar refractivity (Wildman–Crippen MR) is 67.9 cm³/mol. The number of ether oxygens (including phenoxy) is 1. The first-order valence-electron chi connectivity index (χ1n) is 5.51. The Morgan fingerprint density at radius 1 is 1.35 bits per heavy atom. The van der Waals surface area contributed by atoms with E-state index in [0.29, 0.717) is 11.6 Å². The van der Waals surface area contributed by atoms with Gasteiger partial charge >= 0.3 is 6.09 Å². The van der Waals surface area contributed by atoms with E-state index in [-0.39, 0.29) is 5.91 Å². The van der Waals surface area contributed by atoms with E-state index in [1.54, 1.807) is 25.9 Å². The van der Waals surface area contributed by atoms with Gasteiger partial charge in [0.15, 0.2) is 0 Å². The van der Waals surface area contributed by atoms with Gasteiger partial charge in [-0.15, -0.1) is 11.8 Å². The predicted octanol–water partition coefficient (Wildman–Crippen LogP) is 1.38. The maximum absolute atomic E-state index is 11.9. The molecule has 0 N–H and O–H groups in total. The molecule has 1 heterocycles. The largest absolute Gasteiger partial charge is 0.444 e. The quantitative estimate of drug-likeness (QED) is 0.715. The normalized spacial score (nSPS) is 20.3. The molecule has 1 fully saturated rings. The Bertz CT molecular complexity index is 312. The fourth-order valence-corrected chi connectivity index (χ4v) is 2.58. The maximum atomic E-state index is 11.9. The lowest BCUT2D eigenvalue weighted by atomic mass is 10.2. The zero-order valence-electron chi connectivity index (χ0n) is 11.0. The third-order valence-electron chi connectivity index (χ3n) is 2.24. The Labute approximate surface area is 106 Å². The van der Waals surface area contributed by atoms with E-state index in [1.807, 2.05) is 20.8 Å². The molecule has 0 aromatic rings. The fourth-order valence-electron chi connectivity index (χ4n) is 1.45. The molecule has 0 aliphatic carbocycles. The zero-order valence-corrected chi connectivity index (χ0v) is 11.8. The highest BCUT2D eigenvalue weighted by Gasteiger charge is 2.37. The number of hydrogen-bond acceptors (Lipinski definition) is 4. The Kier molecular flexibility index (Phi) is 4.30. The summed E-state index contributed by atoms with van der Waals surface area (Å²) in [5.74, 6) is 1.09. The van der Waals surface area contributed by atoms with Crippen LogP contribution < -0.4 is 0 Å². The van der Waals surface area contributed by atoms with E-state index in [1.165, 1.54) is 9.80 Å². The van der Waals surface area contributed by atoms with Crippen molar-refractivity contribution in [1.82, 2.24) is 9.80 Å². The van der Waals surface area contributed by atoms with Gasteiger partial charge in [-0.05, 0) is 20.8 Å². The van der Waals surface area contributed by atoms with Gasteiger partial charge in [-0.2, -0.15) is 0 Å². The molecule has 0 radical (unpaired) electrons. The number of carbonyl (C=O) groups is 2. The first-order chi connectivity index (χ1) is 7.72. The Balaban J connectivity index is 2.70. The molecule has 2 amide bonds. The van der Waals surface area contributed by atoms with Gasteiger partial charge in [0.05, 0.1) is 5.88 Å². The Morgan fingerprint density at radius 3 is 2.41 bits per heavy atom. The number of rotatable bonds is 1. The number of nitrogens with zero attached hydrogens (tertiary/aromatic N) is 2. The molecular weight excluding hydrogens is 240 g/mol. The third kappa shape index (κ3) is 3.80. The van der Waals surface area contributed by atoms with E-state index in [0.717, 1.165) is 0 Å². The molecule has 0 aromatic heterocycles. The summed E-state index contributed by atoms with van der Waals surface area (Å²) < 4.78 is 5.28. The average Bonchev–Trinajstić information content (AvgIpc) is 2.61. The maximum Gasteiger partial charge on any atom is 0.411 e. The molecule has 1 aliphatic heterocycles. The van der Waals surface area contributed by atoms with Crippen LogP contribution in [0.4, 0.5) is 4.79 Å². The van der Waals surface area contributed by atoms with Gasteiger partial charge in [-0.25, -0.2) is 4.79 Å². The lowest BCUT2D eigenvalue weighted by molar-refractivity contribution is -0.132. The van der Waals surface area contributed by atoms with Crippen LogP contribution in [-0.2, 0) is 9.53 Å². The molecule has 17 heavy (non-hydrogen) atoms. The monoisotopic (exact) mass is 260 g/mol. The zero-order chi connectivity index (χ0) is 13.2. The SMILES string of the molecule is CN(C)C(=O)[C@H]1CSCN1C(=O)OC(C)(C)C. The summed E-state index contributed by atoms with van der Waals surface area (Å²) in [6, 6.07) is -0.398. The van der Waals surface area contributed by atoms with E-state index >= 15 is 0 Å². The lowest BCUT2D eigenvalue weighted by Gasteiger charge is -2.28. The van der Waals surface area contributed by atoms with Gasteiger partial charge in [0.1, 0.15) is 11.6 Å². The van der Waals surface area contributed by atoms with Gasteiger partial charge in [0.25, 0.3) is 0 Å². The highest BCUT2D eigenvalue weighted by molar-refractivity contribution is 7.99. The van der Waals surface area contributed by atoms with Gasteiger partial charge in [-0.3, -0.25) is 9.69 Å². The standard InChI is InChI=1S/C11H20N2O3S/c1-11(2,3)16-10(15)13-7-17-6-8(13)9(14)12(4)5/h8H,6-7H2,1-5H3/t8-/m1/s1. The van der Waals surface area contributed by atoms with Crippen LogP contribution in [0.25, 0.3) is 0 Å². The van der Waals surface area contributed by atoms with Crippen molar-refractivity contribution in [1.29, 1.82) is 0 Å². The summed E-state index contributed by atoms with van der Waals surface area (Å²) >= 11 is 1.57. The van der Waals surface area contributed by atoms with Crippen molar-refractivity contribution >= 4 is 23.8 Å². The number of carbonyl (C=O) groups excluding carboxylic acids is 2. The van der Waals surface area contributed by atoms with Crippen LogP contribution in [0.3, 0.4) is 0 Å². The van der Waals surface area contributed by atoms with Gasteiger partial charge in [0.2, 0.25) is 5.91 Å². The van der Waals surface area contributed by atoms with E-state index in [9.17, 15) is 9.59 Å². The van der Waals surface area contributed by atoms with E-state index in [4.69, 9.17) is 4.74 Å². The molecule has 0 bridgehead atoms. The van der Waals surface area contributed by atoms with E-state index in [2.05, 4.69) is 0 Å². The van der Waals surface area contributed by atoms with Crippen molar-refractivity contribution in [3.63, 3.8) is 0 Å². The number of likely N-dealkylation sites (N-methyl/N-ethyl adjacent to an activating group) is 1. The van der Waals surface area contributed by atoms with Crippen molar-refractivity contribution < 1.29 is 14.3 Å². The molecule has 0 unspecified atom stereocenters. The highest BCUT2D eigenvalue weighted by atomic mass is 32.2. The molecule has 1 aliphatic rings. The molecule has 98 valence electrons. The summed E-state index contributed by atoms with van der Waals surface area (Å²) in [7, 11) is 3.39. The molecule has 1 rings (SSSR count). The van der Waals surface area contributed by atoms with Crippen LogP contribution in [0.1, 0.15) is 20.8 Å². The van der Waals surface area contributed by atoms with Gasteiger partial charge < -0.3 is 9.64 Å². The number of thioether (sulfide) groups is 1. The van der Waals surface area contributed by atoms with E-state index < -0.39 is 17.7 Å². The fraction of sp³-hybridized carbons (Fsp3) is 0.818. The van der Waals surface area contributed by atoms with Crippen LogP contribution >= 0.6 is 11.8 Å². The number of hydrogen-bond donors (Lipinski definition) is 0. The highest BCUT2D eigenvalue weighted by Crippen LogP contribution is 2.24. The molecule has 5 nitrogen and oxygen atoms in total.